The third-order valence-corrected chi connectivity index (χ3v) is 1.73. The molecule has 0 amide bonds. The lowest BCUT2D eigenvalue weighted by molar-refractivity contribution is -0.415. The molecule has 0 heterocycles. The summed E-state index contributed by atoms with van der Waals surface area (Å²) in [5.74, 6) is -12.8. The highest BCUT2D eigenvalue weighted by Crippen LogP contribution is 2.48. The predicted molar refractivity (Wildman–Crippen MR) is 39.9 cm³/mol. The van der Waals surface area contributed by atoms with Gasteiger partial charge in [-0.3, -0.25) is 0 Å². The van der Waals surface area contributed by atoms with Crippen molar-refractivity contribution >= 4 is 0 Å². The van der Waals surface area contributed by atoms with E-state index in [0.29, 0.717) is 0 Å². The van der Waals surface area contributed by atoms with Gasteiger partial charge in [0.05, 0.1) is 13.2 Å². The maximum absolute atomic E-state index is 12.6. The summed E-state index contributed by atoms with van der Waals surface area (Å²) in [6.45, 7) is -2.81. The Balaban J connectivity index is 4.96. The summed E-state index contributed by atoms with van der Waals surface area (Å²) in [6.07, 6.45) is -13.0. The molecule has 1 unspecified atom stereocenters. The van der Waals surface area contributed by atoms with Gasteiger partial charge < -0.3 is 14.9 Å². The van der Waals surface area contributed by atoms with Crippen LogP contribution in [0.4, 0.5) is 35.1 Å². The second-order valence-electron chi connectivity index (χ2n) is 3.16. The first-order valence-corrected chi connectivity index (χ1v) is 4.24. The second kappa shape index (κ2) is 5.53. The SMILES string of the molecule is OCC(O)COC(F)(F)C(F)(F)C(F)(F)C(F)F. The average Bonchev–Trinajstić information content (AvgIpc) is 2.25. The quantitative estimate of drug-likeness (QED) is 0.699. The standard InChI is InChI=1S/C7H8F8O3/c8-4(9)5(10,11)6(12,13)7(14,15)18-2-3(17)1-16/h3-4,16-17H,1-2H2. The molecule has 0 saturated heterocycles. The number of hydrogen-bond acceptors (Lipinski definition) is 3. The number of halogens is 8. The minimum Gasteiger partial charge on any atom is -0.394 e. The molecule has 0 fully saturated rings. The highest BCUT2D eigenvalue weighted by atomic mass is 19.4. The van der Waals surface area contributed by atoms with Crippen LogP contribution in [0.2, 0.25) is 0 Å². The molecule has 18 heavy (non-hydrogen) atoms. The molecule has 0 rings (SSSR count). The van der Waals surface area contributed by atoms with Crippen molar-refractivity contribution in [3.05, 3.63) is 0 Å². The molecule has 0 saturated carbocycles. The molecule has 0 aliphatic carbocycles. The van der Waals surface area contributed by atoms with Crippen molar-refractivity contribution in [2.75, 3.05) is 13.2 Å². The Kier molecular flexibility index (Phi) is 5.32. The molecule has 3 nitrogen and oxygen atoms in total. The Morgan fingerprint density at radius 1 is 1.00 bits per heavy atom. The molecule has 0 aromatic rings. The van der Waals surface area contributed by atoms with E-state index >= 15 is 0 Å². The highest BCUT2D eigenvalue weighted by molar-refractivity contribution is 4.93. The van der Waals surface area contributed by atoms with E-state index in [1.807, 2.05) is 0 Å². The molecular weight excluding hydrogens is 284 g/mol. The maximum atomic E-state index is 12.6. The molecule has 11 heteroatoms. The van der Waals surface area contributed by atoms with Crippen LogP contribution in [0.1, 0.15) is 0 Å². The van der Waals surface area contributed by atoms with E-state index in [1.165, 1.54) is 0 Å². The fraction of sp³-hybridized carbons (Fsp3) is 1.00. The number of aliphatic hydroxyl groups is 2. The summed E-state index contributed by atoms with van der Waals surface area (Å²) in [5.41, 5.74) is 0. The van der Waals surface area contributed by atoms with Gasteiger partial charge in [0.1, 0.15) is 6.10 Å². The third kappa shape index (κ3) is 3.20. The highest BCUT2D eigenvalue weighted by Gasteiger charge is 2.76. The van der Waals surface area contributed by atoms with Crippen molar-refractivity contribution in [1.82, 2.24) is 0 Å². The van der Waals surface area contributed by atoms with Crippen molar-refractivity contribution in [3.8, 4) is 0 Å². The molecule has 0 aromatic heterocycles. The smallest absolute Gasteiger partial charge is 0.394 e. The topological polar surface area (TPSA) is 49.7 Å². The van der Waals surface area contributed by atoms with Crippen LogP contribution in [0, 0.1) is 0 Å². The first kappa shape index (κ1) is 17.3. The van der Waals surface area contributed by atoms with Crippen molar-refractivity contribution in [1.29, 1.82) is 0 Å². The number of ether oxygens (including phenoxy) is 1. The molecule has 0 aliphatic heterocycles. The molecule has 0 spiro atoms. The molecule has 0 radical (unpaired) electrons. The van der Waals surface area contributed by atoms with E-state index in [-0.39, 0.29) is 0 Å². The Labute approximate surface area is 95.0 Å². The maximum Gasteiger partial charge on any atom is 0.426 e. The van der Waals surface area contributed by atoms with Crippen LogP contribution < -0.4 is 0 Å². The average molecular weight is 292 g/mol. The zero-order chi connectivity index (χ0) is 14.8. The zero-order valence-corrected chi connectivity index (χ0v) is 8.40. The molecule has 110 valence electrons. The predicted octanol–water partition coefficient (Wildman–Crippen LogP) is 1.48. The molecular formula is C7H8F8O3. The summed E-state index contributed by atoms with van der Waals surface area (Å²) < 4.78 is 101. The van der Waals surface area contributed by atoms with Gasteiger partial charge in [0.15, 0.2) is 0 Å². The normalized spacial score (nSPS) is 16.2. The number of rotatable bonds is 7. The van der Waals surface area contributed by atoms with E-state index < -0.39 is 43.7 Å². The van der Waals surface area contributed by atoms with Crippen LogP contribution in [0.5, 0.6) is 0 Å². The first-order chi connectivity index (χ1) is 7.90. The van der Waals surface area contributed by atoms with Gasteiger partial charge in [-0.2, -0.15) is 26.3 Å². The molecule has 0 aliphatic rings. The molecule has 1 atom stereocenters. The van der Waals surface area contributed by atoms with Crippen LogP contribution >= 0.6 is 0 Å². The summed E-state index contributed by atoms with van der Waals surface area (Å²) >= 11 is 0. The van der Waals surface area contributed by atoms with Gasteiger partial charge in [0.25, 0.3) is 0 Å². The van der Waals surface area contributed by atoms with Crippen molar-refractivity contribution in [2.45, 2.75) is 30.5 Å². The number of hydrogen-bond donors (Lipinski definition) is 2. The summed E-state index contributed by atoms with van der Waals surface area (Å²) in [4.78, 5) is 0. The third-order valence-electron chi connectivity index (χ3n) is 1.73. The minimum absolute atomic E-state index is 1.17. The van der Waals surface area contributed by atoms with Crippen molar-refractivity contribution in [2.24, 2.45) is 0 Å². The monoisotopic (exact) mass is 292 g/mol. The van der Waals surface area contributed by atoms with Gasteiger partial charge in [0.2, 0.25) is 0 Å². The van der Waals surface area contributed by atoms with E-state index in [1.54, 1.807) is 0 Å². The summed E-state index contributed by atoms with van der Waals surface area (Å²) in [7, 11) is 0. The minimum atomic E-state index is -6.48. The number of alkyl halides is 8. The van der Waals surface area contributed by atoms with E-state index in [4.69, 9.17) is 10.2 Å². The van der Waals surface area contributed by atoms with Gasteiger partial charge in [-0.05, 0) is 0 Å². The van der Waals surface area contributed by atoms with Crippen LogP contribution in [0.3, 0.4) is 0 Å². The van der Waals surface area contributed by atoms with E-state index in [9.17, 15) is 35.1 Å². The van der Waals surface area contributed by atoms with E-state index in [0.717, 1.165) is 0 Å². The van der Waals surface area contributed by atoms with Gasteiger partial charge in [-0.15, -0.1) is 0 Å². The lowest BCUT2D eigenvalue weighted by Gasteiger charge is -2.31. The Bertz CT molecular complexity index is 269. The molecule has 0 aromatic carbocycles. The lowest BCUT2D eigenvalue weighted by atomic mass is 10.1. The first-order valence-electron chi connectivity index (χ1n) is 4.24. The van der Waals surface area contributed by atoms with Crippen LogP contribution in [-0.2, 0) is 4.74 Å². The summed E-state index contributed by atoms with van der Waals surface area (Å²) in [5, 5.41) is 16.7. The molecule has 2 N–H and O–H groups in total. The fourth-order valence-electron chi connectivity index (χ4n) is 0.675. The van der Waals surface area contributed by atoms with Crippen LogP contribution in [0.15, 0.2) is 0 Å². The summed E-state index contributed by atoms with van der Waals surface area (Å²) in [6, 6.07) is 0. The van der Waals surface area contributed by atoms with Gasteiger partial charge in [0, 0.05) is 0 Å². The van der Waals surface area contributed by atoms with Crippen LogP contribution in [0.25, 0.3) is 0 Å². The fourth-order valence-corrected chi connectivity index (χ4v) is 0.675. The van der Waals surface area contributed by atoms with Gasteiger partial charge in [-0.1, -0.05) is 0 Å². The van der Waals surface area contributed by atoms with E-state index in [2.05, 4.69) is 4.74 Å². The Morgan fingerprint density at radius 2 is 1.44 bits per heavy atom. The van der Waals surface area contributed by atoms with Crippen LogP contribution in [-0.4, -0.2) is 53.9 Å². The Hall–Kier alpha value is -0.680. The van der Waals surface area contributed by atoms with Gasteiger partial charge >= 0.3 is 24.4 Å². The Morgan fingerprint density at radius 3 is 1.78 bits per heavy atom. The largest absolute Gasteiger partial charge is 0.426 e. The number of aliphatic hydroxyl groups excluding tert-OH is 2. The second-order valence-corrected chi connectivity index (χ2v) is 3.16. The van der Waals surface area contributed by atoms with Gasteiger partial charge in [-0.25, -0.2) is 8.78 Å². The zero-order valence-electron chi connectivity index (χ0n) is 8.40. The molecule has 0 bridgehead atoms. The lowest BCUT2D eigenvalue weighted by Crippen LogP contribution is -2.59. The van der Waals surface area contributed by atoms with Crippen molar-refractivity contribution in [3.63, 3.8) is 0 Å². The van der Waals surface area contributed by atoms with Crippen molar-refractivity contribution < 1.29 is 50.1 Å².